The number of hydrogen-bond acceptors (Lipinski definition) is 1. The van der Waals surface area contributed by atoms with E-state index in [0.717, 1.165) is 10.7 Å². The Kier molecular flexibility index (Phi) is 4.07. The molecule has 2 aliphatic carbocycles. The van der Waals surface area contributed by atoms with Crippen molar-refractivity contribution in [3.63, 3.8) is 0 Å². The van der Waals surface area contributed by atoms with Crippen molar-refractivity contribution in [1.82, 2.24) is 9.78 Å². The Morgan fingerprint density at radius 2 is 2.00 bits per heavy atom. The van der Waals surface area contributed by atoms with Crippen molar-refractivity contribution in [2.24, 2.45) is 5.92 Å². The van der Waals surface area contributed by atoms with Gasteiger partial charge < -0.3 is 0 Å². The van der Waals surface area contributed by atoms with Gasteiger partial charge >= 0.3 is 0 Å². The lowest BCUT2D eigenvalue weighted by Crippen LogP contribution is -2.17. The monoisotopic (exact) mass is 310 g/mol. The molecule has 0 bridgehead atoms. The average molecular weight is 311 g/mol. The summed E-state index contributed by atoms with van der Waals surface area (Å²) in [6.45, 7) is 0. The van der Waals surface area contributed by atoms with E-state index in [1.165, 1.54) is 63.5 Å². The third-order valence-electron chi connectivity index (χ3n) is 4.58. The van der Waals surface area contributed by atoms with Gasteiger partial charge in [-0.1, -0.05) is 35.2 Å². The normalized spacial score (nSPS) is 29.8. The second-order valence-corrected chi connectivity index (χ2v) is 7.35. The van der Waals surface area contributed by atoms with Crippen LogP contribution in [-0.2, 0) is 6.42 Å². The van der Waals surface area contributed by atoms with Gasteiger partial charge in [-0.3, -0.25) is 4.68 Å². The molecule has 18 heavy (non-hydrogen) atoms. The van der Waals surface area contributed by atoms with Crippen LogP contribution in [0.2, 0.25) is 0 Å². The van der Waals surface area contributed by atoms with Crippen LogP contribution in [0, 0.1) is 5.92 Å². The number of alkyl halides is 1. The topological polar surface area (TPSA) is 17.8 Å². The maximum atomic E-state index is 4.81. The van der Waals surface area contributed by atoms with Gasteiger partial charge in [0.05, 0.1) is 11.7 Å². The SMILES string of the molecule is BrC1CCCC(Cc2ccn(C3CCCC3)n2)C1. The minimum atomic E-state index is 0.689. The highest BCUT2D eigenvalue weighted by molar-refractivity contribution is 9.09. The Labute approximate surface area is 118 Å². The number of rotatable bonds is 3. The van der Waals surface area contributed by atoms with E-state index >= 15 is 0 Å². The zero-order valence-corrected chi connectivity index (χ0v) is 12.6. The molecule has 3 rings (SSSR count). The Morgan fingerprint density at radius 3 is 2.78 bits per heavy atom. The summed E-state index contributed by atoms with van der Waals surface area (Å²) < 4.78 is 2.23. The molecule has 0 amide bonds. The first-order valence-corrected chi connectivity index (χ1v) is 8.41. The second kappa shape index (κ2) is 5.77. The molecule has 1 heterocycles. The molecule has 3 heteroatoms. The van der Waals surface area contributed by atoms with Gasteiger partial charge in [-0.05, 0) is 50.5 Å². The third kappa shape index (κ3) is 2.98. The molecule has 1 aromatic rings. The van der Waals surface area contributed by atoms with Crippen LogP contribution < -0.4 is 0 Å². The summed E-state index contributed by atoms with van der Waals surface area (Å²) in [5, 5.41) is 4.81. The summed E-state index contributed by atoms with van der Waals surface area (Å²) in [6.07, 6.45) is 14.3. The molecule has 1 aromatic heterocycles. The van der Waals surface area contributed by atoms with Gasteiger partial charge in [0.15, 0.2) is 0 Å². The number of nitrogens with zero attached hydrogens (tertiary/aromatic N) is 2. The number of aromatic nitrogens is 2. The van der Waals surface area contributed by atoms with Gasteiger partial charge in [-0.25, -0.2) is 0 Å². The van der Waals surface area contributed by atoms with Gasteiger partial charge in [0, 0.05) is 11.0 Å². The van der Waals surface area contributed by atoms with Crippen LogP contribution in [0.4, 0.5) is 0 Å². The maximum Gasteiger partial charge on any atom is 0.0627 e. The van der Waals surface area contributed by atoms with Crippen molar-refractivity contribution in [2.75, 3.05) is 0 Å². The van der Waals surface area contributed by atoms with Crippen LogP contribution in [0.25, 0.3) is 0 Å². The smallest absolute Gasteiger partial charge is 0.0627 e. The van der Waals surface area contributed by atoms with Crippen LogP contribution in [0.3, 0.4) is 0 Å². The maximum absolute atomic E-state index is 4.81. The van der Waals surface area contributed by atoms with E-state index in [1.54, 1.807) is 0 Å². The second-order valence-electron chi connectivity index (χ2n) is 6.06. The predicted octanol–water partition coefficient (Wildman–Crippen LogP) is 4.49. The lowest BCUT2D eigenvalue weighted by Gasteiger charge is -2.24. The molecule has 2 atom stereocenters. The summed E-state index contributed by atoms with van der Waals surface area (Å²) in [5.74, 6) is 0.843. The fourth-order valence-corrected chi connectivity index (χ4v) is 4.42. The molecule has 0 aliphatic heterocycles. The van der Waals surface area contributed by atoms with E-state index in [1.807, 2.05) is 0 Å². The summed E-state index contributed by atoms with van der Waals surface area (Å²) in [7, 11) is 0. The summed E-state index contributed by atoms with van der Waals surface area (Å²) in [5.41, 5.74) is 1.31. The summed E-state index contributed by atoms with van der Waals surface area (Å²) in [4.78, 5) is 0.744. The largest absolute Gasteiger partial charge is 0.269 e. The highest BCUT2D eigenvalue weighted by Crippen LogP contribution is 2.32. The third-order valence-corrected chi connectivity index (χ3v) is 5.41. The molecule has 100 valence electrons. The number of halogens is 1. The van der Waals surface area contributed by atoms with Crippen LogP contribution >= 0.6 is 15.9 Å². The molecule has 0 radical (unpaired) electrons. The molecule has 2 aliphatic rings. The minimum absolute atomic E-state index is 0.689. The van der Waals surface area contributed by atoms with Gasteiger partial charge in [-0.2, -0.15) is 5.10 Å². The molecule has 0 spiro atoms. The molecular weight excluding hydrogens is 288 g/mol. The molecule has 0 aromatic carbocycles. The van der Waals surface area contributed by atoms with Crippen molar-refractivity contribution in [1.29, 1.82) is 0 Å². The first-order valence-electron chi connectivity index (χ1n) is 7.49. The number of hydrogen-bond donors (Lipinski definition) is 0. The van der Waals surface area contributed by atoms with E-state index in [9.17, 15) is 0 Å². The molecule has 0 saturated heterocycles. The van der Waals surface area contributed by atoms with Crippen molar-refractivity contribution in [3.05, 3.63) is 18.0 Å². The van der Waals surface area contributed by atoms with Crippen molar-refractivity contribution in [2.45, 2.75) is 68.7 Å². The Balaban J connectivity index is 1.59. The average Bonchev–Trinajstić information content (AvgIpc) is 2.98. The lowest BCUT2D eigenvalue weighted by molar-refractivity contribution is 0.362. The fourth-order valence-electron chi connectivity index (χ4n) is 3.56. The first-order chi connectivity index (χ1) is 8.81. The van der Waals surface area contributed by atoms with Crippen molar-refractivity contribution >= 4 is 15.9 Å². The molecule has 2 saturated carbocycles. The molecule has 0 N–H and O–H groups in total. The quantitative estimate of drug-likeness (QED) is 0.752. The van der Waals surface area contributed by atoms with Gasteiger partial charge in [0.2, 0.25) is 0 Å². The van der Waals surface area contributed by atoms with E-state index in [-0.39, 0.29) is 0 Å². The van der Waals surface area contributed by atoms with Gasteiger partial charge in [-0.15, -0.1) is 0 Å². The fraction of sp³-hybridized carbons (Fsp3) is 0.800. The van der Waals surface area contributed by atoms with Crippen LogP contribution in [0.15, 0.2) is 12.3 Å². The van der Waals surface area contributed by atoms with Crippen LogP contribution in [0.1, 0.15) is 63.1 Å². The Bertz CT molecular complexity index is 382. The first kappa shape index (κ1) is 12.7. The zero-order chi connectivity index (χ0) is 12.4. The van der Waals surface area contributed by atoms with Gasteiger partial charge in [0.1, 0.15) is 0 Å². The van der Waals surface area contributed by atoms with E-state index in [2.05, 4.69) is 32.9 Å². The zero-order valence-electron chi connectivity index (χ0n) is 11.0. The molecular formula is C15H23BrN2. The molecule has 2 fully saturated rings. The minimum Gasteiger partial charge on any atom is -0.269 e. The van der Waals surface area contributed by atoms with Crippen molar-refractivity contribution in [3.8, 4) is 0 Å². The summed E-state index contributed by atoms with van der Waals surface area (Å²) in [6, 6.07) is 2.94. The standard InChI is InChI=1S/C15H23BrN2/c16-13-5-3-4-12(10-13)11-14-8-9-18(17-14)15-6-1-2-7-15/h8-9,12-13,15H,1-7,10-11H2. The predicted molar refractivity (Wildman–Crippen MR) is 78.1 cm³/mol. The van der Waals surface area contributed by atoms with Gasteiger partial charge in [0.25, 0.3) is 0 Å². The van der Waals surface area contributed by atoms with Crippen LogP contribution in [-0.4, -0.2) is 14.6 Å². The Hall–Kier alpha value is -0.310. The van der Waals surface area contributed by atoms with E-state index < -0.39 is 0 Å². The lowest BCUT2D eigenvalue weighted by atomic mass is 9.86. The molecule has 2 unspecified atom stereocenters. The van der Waals surface area contributed by atoms with Crippen molar-refractivity contribution < 1.29 is 0 Å². The van der Waals surface area contributed by atoms with E-state index in [4.69, 9.17) is 5.10 Å². The highest BCUT2D eigenvalue weighted by atomic mass is 79.9. The molecule has 2 nitrogen and oxygen atoms in total. The Morgan fingerprint density at radius 1 is 1.17 bits per heavy atom. The van der Waals surface area contributed by atoms with Crippen LogP contribution in [0.5, 0.6) is 0 Å². The van der Waals surface area contributed by atoms with E-state index in [0.29, 0.717) is 6.04 Å². The highest BCUT2D eigenvalue weighted by Gasteiger charge is 2.22. The summed E-state index contributed by atoms with van der Waals surface area (Å²) >= 11 is 3.78.